The van der Waals surface area contributed by atoms with E-state index in [0.717, 1.165) is 22.1 Å². The van der Waals surface area contributed by atoms with Crippen molar-refractivity contribution in [1.29, 1.82) is 0 Å². The van der Waals surface area contributed by atoms with Gasteiger partial charge in [0.2, 0.25) is 0 Å². The second-order valence-electron chi connectivity index (χ2n) is 4.68. The number of hydrogen-bond acceptors (Lipinski definition) is 1. The number of hydrogen-bond donors (Lipinski definition) is 1. The van der Waals surface area contributed by atoms with Gasteiger partial charge in [-0.15, -0.1) is 0 Å². The molecule has 0 fully saturated rings. The molecule has 0 aliphatic rings. The van der Waals surface area contributed by atoms with Crippen LogP contribution in [-0.2, 0) is 0 Å². The molecule has 2 aromatic carbocycles. The lowest BCUT2D eigenvalue weighted by molar-refractivity contribution is 0.602. The zero-order valence-electron chi connectivity index (χ0n) is 11.4. The van der Waals surface area contributed by atoms with E-state index in [0.29, 0.717) is 5.02 Å². The van der Waals surface area contributed by atoms with E-state index in [1.165, 1.54) is 17.7 Å². The van der Waals surface area contributed by atoms with Gasteiger partial charge in [-0.3, -0.25) is 0 Å². The molecule has 0 aromatic heterocycles. The molecule has 0 saturated carbocycles. The summed E-state index contributed by atoms with van der Waals surface area (Å²) < 4.78 is 14.5. The monoisotopic (exact) mass is 355 g/mol. The summed E-state index contributed by atoms with van der Waals surface area (Å²) in [6.07, 6.45) is 0. The first-order valence-corrected chi connectivity index (χ1v) is 7.64. The maximum Gasteiger partial charge on any atom is 0.123 e. The van der Waals surface area contributed by atoms with Crippen molar-refractivity contribution in [2.75, 3.05) is 6.54 Å². The fourth-order valence-corrected chi connectivity index (χ4v) is 3.14. The maximum atomic E-state index is 13.5. The van der Waals surface area contributed by atoms with E-state index in [1.54, 1.807) is 6.07 Å². The topological polar surface area (TPSA) is 12.0 Å². The highest BCUT2D eigenvalue weighted by atomic mass is 79.9. The van der Waals surface area contributed by atoms with E-state index >= 15 is 0 Å². The summed E-state index contributed by atoms with van der Waals surface area (Å²) in [5.41, 5.74) is 2.96. The van der Waals surface area contributed by atoms with Crippen LogP contribution >= 0.6 is 27.5 Å². The number of benzene rings is 2. The molecule has 1 N–H and O–H groups in total. The van der Waals surface area contributed by atoms with Gasteiger partial charge in [-0.2, -0.15) is 0 Å². The first-order valence-electron chi connectivity index (χ1n) is 6.47. The largest absolute Gasteiger partial charge is 0.306 e. The summed E-state index contributed by atoms with van der Waals surface area (Å²) in [6.45, 7) is 4.81. The van der Waals surface area contributed by atoms with E-state index in [4.69, 9.17) is 11.6 Å². The van der Waals surface area contributed by atoms with Gasteiger partial charge in [-0.1, -0.05) is 46.6 Å². The van der Waals surface area contributed by atoms with E-state index in [9.17, 15) is 4.39 Å². The molecule has 0 bridgehead atoms. The summed E-state index contributed by atoms with van der Waals surface area (Å²) in [5, 5.41) is 3.92. The van der Waals surface area contributed by atoms with Crippen LogP contribution in [0.5, 0.6) is 0 Å². The highest BCUT2D eigenvalue weighted by molar-refractivity contribution is 9.10. The van der Waals surface area contributed by atoms with Gasteiger partial charge in [-0.25, -0.2) is 4.39 Å². The SMILES string of the molecule is CCNC(c1cc(F)ccc1Cl)c1ccc(C)cc1Br. The Kier molecular flexibility index (Phi) is 5.19. The van der Waals surface area contributed by atoms with Gasteiger partial charge in [0.1, 0.15) is 5.82 Å². The lowest BCUT2D eigenvalue weighted by Gasteiger charge is -2.22. The number of nitrogens with one attached hydrogen (secondary N) is 1. The first kappa shape index (κ1) is 15.5. The van der Waals surface area contributed by atoms with Crippen LogP contribution in [0, 0.1) is 12.7 Å². The van der Waals surface area contributed by atoms with Crippen molar-refractivity contribution in [3.63, 3.8) is 0 Å². The van der Waals surface area contributed by atoms with Crippen LogP contribution in [0.1, 0.15) is 29.7 Å². The van der Waals surface area contributed by atoms with Crippen molar-refractivity contribution in [2.24, 2.45) is 0 Å². The molecule has 2 rings (SSSR count). The average molecular weight is 357 g/mol. The third-order valence-electron chi connectivity index (χ3n) is 3.14. The summed E-state index contributed by atoms with van der Waals surface area (Å²) >= 11 is 9.82. The van der Waals surface area contributed by atoms with Crippen molar-refractivity contribution in [1.82, 2.24) is 5.32 Å². The van der Waals surface area contributed by atoms with Gasteiger partial charge >= 0.3 is 0 Å². The molecule has 1 unspecified atom stereocenters. The van der Waals surface area contributed by atoms with E-state index in [2.05, 4.69) is 21.2 Å². The Morgan fingerprint density at radius 3 is 2.60 bits per heavy atom. The number of rotatable bonds is 4. The molecule has 0 spiro atoms. The molecule has 0 radical (unpaired) electrons. The standard InChI is InChI=1S/C16H16BrClFN/c1-3-20-16(12-6-4-10(2)8-14(12)17)13-9-11(19)5-7-15(13)18/h4-9,16,20H,3H2,1-2H3. The first-order chi connectivity index (χ1) is 9.52. The van der Waals surface area contributed by atoms with Crippen molar-refractivity contribution >= 4 is 27.5 Å². The van der Waals surface area contributed by atoms with Crippen LogP contribution in [0.4, 0.5) is 4.39 Å². The van der Waals surface area contributed by atoms with Crippen molar-refractivity contribution < 1.29 is 4.39 Å². The Morgan fingerprint density at radius 2 is 1.95 bits per heavy atom. The molecule has 0 amide bonds. The Morgan fingerprint density at radius 1 is 1.20 bits per heavy atom. The second-order valence-corrected chi connectivity index (χ2v) is 5.94. The van der Waals surface area contributed by atoms with Gasteiger partial charge < -0.3 is 5.32 Å². The predicted molar refractivity (Wildman–Crippen MR) is 85.8 cm³/mol. The third-order valence-corrected chi connectivity index (χ3v) is 4.18. The molecule has 0 saturated heterocycles. The summed E-state index contributed by atoms with van der Waals surface area (Å²) in [7, 11) is 0. The maximum absolute atomic E-state index is 13.5. The summed E-state index contributed by atoms with van der Waals surface area (Å²) in [4.78, 5) is 0. The molecule has 106 valence electrons. The lowest BCUT2D eigenvalue weighted by atomic mass is 9.97. The molecule has 4 heteroatoms. The van der Waals surface area contributed by atoms with Crippen LogP contribution < -0.4 is 5.32 Å². The molecule has 0 aliphatic carbocycles. The van der Waals surface area contributed by atoms with Crippen LogP contribution in [-0.4, -0.2) is 6.54 Å². The minimum Gasteiger partial charge on any atom is -0.306 e. The zero-order valence-corrected chi connectivity index (χ0v) is 13.7. The minimum absolute atomic E-state index is 0.141. The zero-order chi connectivity index (χ0) is 14.7. The van der Waals surface area contributed by atoms with Crippen molar-refractivity contribution in [3.8, 4) is 0 Å². The number of halogens is 3. The van der Waals surface area contributed by atoms with E-state index in [-0.39, 0.29) is 11.9 Å². The Labute approximate surface area is 132 Å². The normalized spacial score (nSPS) is 12.4. The molecule has 20 heavy (non-hydrogen) atoms. The molecule has 2 aromatic rings. The smallest absolute Gasteiger partial charge is 0.123 e. The molecule has 0 aliphatic heterocycles. The van der Waals surface area contributed by atoms with Gasteiger partial charge in [0.05, 0.1) is 6.04 Å². The highest BCUT2D eigenvalue weighted by Crippen LogP contribution is 2.33. The Bertz CT molecular complexity index is 615. The molecule has 1 atom stereocenters. The number of aryl methyl sites for hydroxylation is 1. The predicted octanol–water partition coefficient (Wildman–Crippen LogP) is 5.25. The van der Waals surface area contributed by atoms with Crippen LogP contribution in [0.3, 0.4) is 0 Å². The van der Waals surface area contributed by atoms with Gasteiger partial charge in [0.25, 0.3) is 0 Å². The van der Waals surface area contributed by atoms with Crippen LogP contribution in [0.25, 0.3) is 0 Å². The van der Waals surface area contributed by atoms with E-state index < -0.39 is 0 Å². The van der Waals surface area contributed by atoms with Gasteiger partial charge in [0, 0.05) is 9.50 Å². The fourth-order valence-electron chi connectivity index (χ4n) is 2.19. The van der Waals surface area contributed by atoms with Gasteiger partial charge in [0.15, 0.2) is 0 Å². The summed E-state index contributed by atoms with van der Waals surface area (Å²) in [6, 6.07) is 10.4. The highest BCUT2D eigenvalue weighted by Gasteiger charge is 2.19. The van der Waals surface area contributed by atoms with Crippen molar-refractivity contribution in [2.45, 2.75) is 19.9 Å². The Hall–Kier alpha value is -0.900. The van der Waals surface area contributed by atoms with E-state index in [1.807, 2.05) is 32.0 Å². The third kappa shape index (κ3) is 3.40. The van der Waals surface area contributed by atoms with Crippen molar-refractivity contribution in [3.05, 3.63) is 68.4 Å². The quantitative estimate of drug-likeness (QED) is 0.789. The molecular formula is C16H16BrClFN. The Balaban J connectivity index is 2.53. The fraction of sp³-hybridized carbons (Fsp3) is 0.250. The molecule has 0 heterocycles. The van der Waals surface area contributed by atoms with Crippen LogP contribution in [0.15, 0.2) is 40.9 Å². The summed E-state index contributed by atoms with van der Waals surface area (Å²) in [5.74, 6) is -0.282. The molecule has 1 nitrogen and oxygen atoms in total. The van der Waals surface area contributed by atoms with Crippen LogP contribution in [0.2, 0.25) is 5.02 Å². The van der Waals surface area contributed by atoms with Gasteiger partial charge in [-0.05, 0) is 54.4 Å². The lowest BCUT2D eigenvalue weighted by Crippen LogP contribution is -2.23. The molecular weight excluding hydrogens is 341 g/mol. The average Bonchev–Trinajstić information content (AvgIpc) is 2.40. The second kappa shape index (κ2) is 6.70. The minimum atomic E-state index is -0.282.